The lowest BCUT2D eigenvalue weighted by atomic mass is 9.90. The average molecular weight is 446 g/mol. The molecule has 1 amide bonds. The molecule has 0 saturated carbocycles. The quantitative estimate of drug-likeness (QED) is 0.744. The van der Waals surface area contributed by atoms with E-state index in [9.17, 15) is 18.0 Å². The monoisotopic (exact) mass is 445 g/mol. The number of alkyl halides is 3. The van der Waals surface area contributed by atoms with Crippen molar-refractivity contribution < 1.29 is 27.4 Å². The van der Waals surface area contributed by atoms with Crippen LogP contribution in [0.1, 0.15) is 19.3 Å². The van der Waals surface area contributed by atoms with Gasteiger partial charge in [0.25, 0.3) is 0 Å². The Bertz CT molecular complexity index is 658. The summed E-state index contributed by atoms with van der Waals surface area (Å²) in [7, 11) is 0. The number of benzene rings is 1. The summed E-state index contributed by atoms with van der Waals surface area (Å²) in [4.78, 5) is 14.4. The zero-order valence-electron chi connectivity index (χ0n) is 15.0. The van der Waals surface area contributed by atoms with E-state index >= 15 is 0 Å². The van der Waals surface area contributed by atoms with Gasteiger partial charge in [-0.15, -0.1) is 38.0 Å². The van der Waals surface area contributed by atoms with Gasteiger partial charge in [0.1, 0.15) is 5.75 Å². The van der Waals surface area contributed by atoms with Crippen LogP contribution < -0.4 is 20.7 Å². The van der Waals surface area contributed by atoms with E-state index in [2.05, 4.69) is 10.1 Å². The second kappa shape index (κ2) is 9.87. The molecule has 2 saturated heterocycles. The summed E-state index contributed by atoms with van der Waals surface area (Å²) in [6.07, 6.45) is -3.07. The van der Waals surface area contributed by atoms with Gasteiger partial charge in [0.2, 0.25) is 5.91 Å². The van der Waals surface area contributed by atoms with E-state index < -0.39 is 11.9 Å². The predicted molar refractivity (Wildman–Crippen MR) is 103 cm³/mol. The van der Waals surface area contributed by atoms with Crippen molar-refractivity contribution in [1.82, 2.24) is 5.32 Å². The molecular weight excluding hydrogens is 422 g/mol. The van der Waals surface area contributed by atoms with Crippen LogP contribution >= 0.6 is 24.8 Å². The van der Waals surface area contributed by atoms with Crippen LogP contribution in [0.3, 0.4) is 0 Å². The van der Waals surface area contributed by atoms with E-state index in [4.69, 9.17) is 10.5 Å². The fraction of sp³-hybridized carbons (Fsp3) is 0.588. The SMILES string of the molecule is Cl.Cl.NC1(C(=O)NC2CCN(c3cccc(OC(F)(F)F)c3)C2)CCOCC1. The average Bonchev–Trinajstić information content (AvgIpc) is 3.03. The second-order valence-electron chi connectivity index (χ2n) is 6.72. The smallest absolute Gasteiger partial charge is 0.406 e. The van der Waals surface area contributed by atoms with Gasteiger partial charge in [0, 0.05) is 44.1 Å². The summed E-state index contributed by atoms with van der Waals surface area (Å²) in [5.74, 6) is -0.451. The number of nitrogens with two attached hydrogens (primary N) is 1. The molecule has 1 aromatic carbocycles. The fourth-order valence-corrected chi connectivity index (χ4v) is 3.28. The molecule has 11 heteroatoms. The number of halogens is 5. The molecule has 0 spiro atoms. The van der Waals surface area contributed by atoms with Crippen molar-refractivity contribution in [2.24, 2.45) is 5.73 Å². The first kappa shape index (κ1) is 24.6. The van der Waals surface area contributed by atoms with Gasteiger partial charge in [-0.2, -0.15) is 0 Å². The molecule has 3 rings (SSSR count). The third kappa shape index (κ3) is 6.30. The number of carbonyl (C=O) groups is 1. The molecule has 2 aliphatic rings. The van der Waals surface area contributed by atoms with Crippen molar-refractivity contribution in [2.75, 3.05) is 31.2 Å². The summed E-state index contributed by atoms with van der Waals surface area (Å²) in [5, 5.41) is 2.97. The molecule has 0 bridgehead atoms. The van der Waals surface area contributed by atoms with Gasteiger partial charge in [0.05, 0.1) is 5.54 Å². The van der Waals surface area contributed by atoms with Crippen LogP contribution in [-0.2, 0) is 9.53 Å². The van der Waals surface area contributed by atoms with E-state index in [0.717, 1.165) is 0 Å². The fourth-order valence-electron chi connectivity index (χ4n) is 3.28. The molecule has 2 aliphatic heterocycles. The number of nitrogens with one attached hydrogen (secondary N) is 1. The van der Waals surface area contributed by atoms with Gasteiger partial charge in [-0.25, -0.2) is 0 Å². The maximum atomic E-state index is 12.5. The zero-order valence-corrected chi connectivity index (χ0v) is 16.7. The largest absolute Gasteiger partial charge is 0.573 e. The number of hydrogen-bond acceptors (Lipinski definition) is 5. The van der Waals surface area contributed by atoms with E-state index in [1.54, 1.807) is 6.07 Å². The second-order valence-corrected chi connectivity index (χ2v) is 6.72. The van der Waals surface area contributed by atoms with Crippen LogP contribution in [0.2, 0.25) is 0 Å². The number of carbonyl (C=O) groups excluding carboxylic acids is 1. The van der Waals surface area contributed by atoms with Gasteiger partial charge in [-0.1, -0.05) is 6.07 Å². The van der Waals surface area contributed by atoms with Crippen molar-refractivity contribution in [3.8, 4) is 5.75 Å². The molecule has 0 aliphatic carbocycles. The maximum Gasteiger partial charge on any atom is 0.573 e. The van der Waals surface area contributed by atoms with Gasteiger partial charge in [0.15, 0.2) is 0 Å². The molecule has 1 aromatic rings. The van der Waals surface area contributed by atoms with E-state index in [1.165, 1.54) is 18.2 Å². The molecule has 0 radical (unpaired) electrons. The highest BCUT2D eigenvalue weighted by molar-refractivity contribution is 5.86. The lowest BCUT2D eigenvalue weighted by Gasteiger charge is -2.33. The van der Waals surface area contributed by atoms with Crippen LogP contribution in [-0.4, -0.2) is 50.2 Å². The first-order chi connectivity index (χ1) is 12.3. The first-order valence-corrected chi connectivity index (χ1v) is 8.54. The highest BCUT2D eigenvalue weighted by Gasteiger charge is 2.38. The van der Waals surface area contributed by atoms with Crippen LogP contribution in [0.25, 0.3) is 0 Å². The molecule has 1 atom stereocenters. The van der Waals surface area contributed by atoms with Gasteiger partial charge in [-0.05, 0) is 31.4 Å². The summed E-state index contributed by atoms with van der Waals surface area (Å²) >= 11 is 0. The molecule has 2 fully saturated rings. The van der Waals surface area contributed by atoms with Crippen LogP contribution in [0.15, 0.2) is 24.3 Å². The molecule has 28 heavy (non-hydrogen) atoms. The van der Waals surface area contributed by atoms with Gasteiger partial charge >= 0.3 is 6.36 Å². The van der Waals surface area contributed by atoms with Crippen LogP contribution in [0.4, 0.5) is 18.9 Å². The normalized spacial score (nSPS) is 21.3. The maximum absolute atomic E-state index is 12.5. The van der Waals surface area contributed by atoms with Crippen LogP contribution in [0.5, 0.6) is 5.75 Å². The Hall–Kier alpha value is -1.42. The number of rotatable bonds is 4. The standard InChI is InChI=1S/C17H22F3N3O3.2ClH/c18-17(19,20)26-14-3-1-2-13(10-14)23-7-4-12(11-23)22-15(24)16(21)5-8-25-9-6-16;;/h1-3,10,12H,4-9,11,21H2,(H,22,24);2*1H. The Kier molecular flexibility index (Phi) is 8.67. The number of ether oxygens (including phenoxy) is 2. The van der Waals surface area contributed by atoms with E-state index in [1.807, 2.05) is 4.90 Å². The summed E-state index contributed by atoms with van der Waals surface area (Å²) in [5.41, 5.74) is 5.89. The minimum atomic E-state index is -4.72. The molecule has 1 unspecified atom stereocenters. The van der Waals surface area contributed by atoms with Gasteiger partial charge < -0.3 is 25.4 Å². The molecule has 3 N–H and O–H groups in total. The summed E-state index contributed by atoms with van der Waals surface area (Å²) in [6.45, 7) is 2.06. The first-order valence-electron chi connectivity index (χ1n) is 8.54. The Morgan fingerprint density at radius 2 is 1.96 bits per heavy atom. The van der Waals surface area contributed by atoms with Crippen molar-refractivity contribution in [3.63, 3.8) is 0 Å². The Labute approximate surface area is 173 Å². The zero-order chi connectivity index (χ0) is 18.8. The minimum Gasteiger partial charge on any atom is -0.406 e. The molecule has 160 valence electrons. The Morgan fingerprint density at radius 1 is 1.29 bits per heavy atom. The number of hydrogen-bond donors (Lipinski definition) is 2. The topological polar surface area (TPSA) is 76.8 Å². The summed E-state index contributed by atoms with van der Waals surface area (Å²) in [6, 6.07) is 5.74. The summed E-state index contributed by atoms with van der Waals surface area (Å²) < 4.78 is 46.3. The van der Waals surface area contributed by atoms with Crippen molar-refractivity contribution >= 4 is 36.4 Å². The predicted octanol–water partition coefficient (Wildman–Crippen LogP) is 2.63. The third-order valence-electron chi connectivity index (χ3n) is 4.78. The van der Waals surface area contributed by atoms with Crippen molar-refractivity contribution in [3.05, 3.63) is 24.3 Å². The lowest BCUT2D eigenvalue weighted by Crippen LogP contribution is -2.59. The van der Waals surface area contributed by atoms with Gasteiger partial charge in [-0.3, -0.25) is 4.79 Å². The van der Waals surface area contributed by atoms with E-state index in [-0.39, 0.29) is 42.5 Å². The number of nitrogens with zero attached hydrogens (tertiary/aromatic N) is 1. The highest BCUT2D eigenvalue weighted by Crippen LogP contribution is 2.29. The lowest BCUT2D eigenvalue weighted by molar-refractivity contribution is -0.274. The van der Waals surface area contributed by atoms with Crippen molar-refractivity contribution in [2.45, 2.75) is 37.2 Å². The number of anilines is 1. The minimum absolute atomic E-state index is 0. The molecule has 2 heterocycles. The third-order valence-corrected chi connectivity index (χ3v) is 4.78. The molecule has 6 nitrogen and oxygen atoms in total. The van der Waals surface area contributed by atoms with Crippen molar-refractivity contribution in [1.29, 1.82) is 0 Å². The molecule has 0 aromatic heterocycles. The van der Waals surface area contributed by atoms with Crippen LogP contribution in [0, 0.1) is 0 Å². The Balaban J connectivity index is 0.00000196. The molecular formula is C17H24Cl2F3N3O3. The Morgan fingerprint density at radius 3 is 2.61 bits per heavy atom. The van der Waals surface area contributed by atoms with E-state index in [0.29, 0.717) is 51.3 Å². The number of amides is 1. The highest BCUT2D eigenvalue weighted by atomic mass is 35.5.